The minimum atomic E-state index is 0.0111. The maximum atomic E-state index is 11.3. The monoisotopic (exact) mass is 290 g/mol. The van der Waals surface area contributed by atoms with Crippen LogP contribution in [-0.2, 0) is 0 Å². The lowest BCUT2D eigenvalue weighted by Crippen LogP contribution is -1.94. The van der Waals surface area contributed by atoms with E-state index in [1.807, 2.05) is 30.3 Å². The van der Waals surface area contributed by atoms with Crippen molar-refractivity contribution in [3.63, 3.8) is 0 Å². The summed E-state index contributed by atoms with van der Waals surface area (Å²) in [5, 5.41) is 4.50. The Balaban J connectivity index is 2.05. The van der Waals surface area contributed by atoms with Crippen LogP contribution in [0, 0.1) is 0 Å². The third-order valence-corrected chi connectivity index (χ3v) is 3.46. The van der Waals surface area contributed by atoms with E-state index in [-0.39, 0.29) is 5.78 Å². The molecule has 3 rings (SSSR count). The first-order valence-electron chi connectivity index (χ1n) is 6.90. The van der Waals surface area contributed by atoms with E-state index in [1.54, 1.807) is 35.1 Å². The first kappa shape index (κ1) is 13.9. The molecule has 0 aliphatic carbocycles. The molecule has 0 saturated carbocycles. The molecule has 3 aromatic rings. The Morgan fingerprint density at radius 2 is 1.73 bits per heavy atom. The van der Waals surface area contributed by atoms with Gasteiger partial charge in [-0.15, -0.1) is 0 Å². The number of benzene rings is 2. The van der Waals surface area contributed by atoms with E-state index in [9.17, 15) is 9.59 Å². The summed E-state index contributed by atoms with van der Waals surface area (Å²) in [5.74, 6) is 0.0111. The number of hydrogen-bond donors (Lipinski definition) is 0. The zero-order chi connectivity index (χ0) is 15.5. The van der Waals surface area contributed by atoms with E-state index in [4.69, 9.17) is 0 Å². The summed E-state index contributed by atoms with van der Waals surface area (Å²) in [6.07, 6.45) is 2.50. The SMILES string of the molecule is CC(=O)c1ccc(-c2nn(-c3ccccc3)cc2C=O)cc1. The zero-order valence-electron chi connectivity index (χ0n) is 12.1. The van der Waals surface area contributed by atoms with Crippen LogP contribution in [0.15, 0.2) is 60.8 Å². The molecule has 4 nitrogen and oxygen atoms in total. The van der Waals surface area contributed by atoms with Crippen molar-refractivity contribution in [1.82, 2.24) is 9.78 Å². The van der Waals surface area contributed by atoms with Crippen molar-refractivity contribution in [2.75, 3.05) is 0 Å². The Kier molecular flexibility index (Phi) is 3.66. The number of rotatable bonds is 4. The predicted molar refractivity (Wildman–Crippen MR) is 84.4 cm³/mol. The number of aromatic nitrogens is 2. The van der Waals surface area contributed by atoms with E-state index in [1.165, 1.54) is 6.92 Å². The zero-order valence-corrected chi connectivity index (χ0v) is 12.1. The first-order chi connectivity index (χ1) is 10.7. The lowest BCUT2D eigenvalue weighted by Gasteiger charge is -2.01. The van der Waals surface area contributed by atoms with Crippen LogP contribution in [0.3, 0.4) is 0 Å². The molecule has 0 radical (unpaired) electrons. The number of carbonyl (C=O) groups is 2. The van der Waals surface area contributed by atoms with Crippen molar-refractivity contribution in [2.45, 2.75) is 6.92 Å². The molecule has 0 spiro atoms. The molecule has 0 N–H and O–H groups in total. The Morgan fingerprint density at radius 1 is 1.05 bits per heavy atom. The van der Waals surface area contributed by atoms with E-state index in [0.29, 0.717) is 16.8 Å². The molecule has 1 aromatic heterocycles. The highest BCUT2D eigenvalue weighted by atomic mass is 16.1. The van der Waals surface area contributed by atoms with Crippen molar-refractivity contribution >= 4 is 12.1 Å². The van der Waals surface area contributed by atoms with Crippen LogP contribution < -0.4 is 0 Å². The number of nitrogens with zero attached hydrogens (tertiary/aromatic N) is 2. The molecule has 0 aliphatic rings. The summed E-state index contributed by atoms with van der Waals surface area (Å²) in [4.78, 5) is 22.6. The lowest BCUT2D eigenvalue weighted by molar-refractivity contribution is 0.101. The summed E-state index contributed by atoms with van der Waals surface area (Å²) in [6.45, 7) is 1.52. The van der Waals surface area contributed by atoms with Crippen LogP contribution in [-0.4, -0.2) is 21.8 Å². The third-order valence-electron chi connectivity index (χ3n) is 3.46. The largest absolute Gasteiger partial charge is 0.298 e. The Bertz CT molecular complexity index is 818. The molecule has 2 aromatic carbocycles. The minimum absolute atomic E-state index is 0.0111. The van der Waals surface area contributed by atoms with Gasteiger partial charge in [0.25, 0.3) is 0 Å². The highest BCUT2D eigenvalue weighted by Crippen LogP contribution is 2.23. The van der Waals surface area contributed by atoms with Gasteiger partial charge >= 0.3 is 0 Å². The molecule has 0 amide bonds. The van der Waals surface area contributed by atoms with Crippen LogP contribution in [0.25, 0.3) is 16.9 Å². The van der Waals surface area contributed by atoms with Gasteiger partial charge in [0.15, 0.2) is 12.1 Å². The number of aldehydes is 1. The molecule has 0 bridgehead atoms. The summed E-state index contributed by atoms with van der Waals surface area (Å²) in [7, 11) is 0. The minimum Gasteiger partial charge on any atom is -0.298 e. The van der Waals surface area contributed by atoms with E-state index in [0.717, 1.165) is 17.5 Å². The van der Waals surface area contributed by atoms with E-state index < -0.39 is 0 Å². The smallest absolute Gasteiger partial charge is 0.159 e. The number of carbonyl (C=O) groups excluding carboxylic acids is 2. The highest BCUT2D eigenvalue weighted by molar-refractivity contribution is 5.94. The molecule has 0 fully saturated rings. The van der Waals surface area contributed by atoms with E-state index >= 15 is 0 Å². The number of hydrogen-bond acceptors (Lipinski definition) is 3. The summed E-state index contributed by atoms with van der Waals surface area (Å²) in [6, 6.07) is 16.7. The van der Waals surface area contributed by atoms with Gasteiger partial charge in [-0.25, -0.2) is 4.68 Å². The fourth-order valence-electron chi connectivity index (χ4n) is 2.27. The second-order valence-electron chi connectivity index (χ2n) is 4.96. The Morgan fingerprint density at radius 3 is 2.32 bits per heavy atom. The molecule has 0 saturated heterocycles. The lowest BCUT2D eigenvalue weighted by atomic mass is 10.1. The molecule has 22 heavy (non-hydrogen) atoms. The molecule has 0 aliphatic heterocycles. The number of Topliss-reactive ketones (excluding diaryl/α,β-unsaturated/α-hetero) is 1. The van der Waals surface area contributed by atoms with Crippen molar-refractivity contribution in [2.24, 2.45) is 0 Å². The van der Waals surface area contributed by atoms with Gasteiger partial charge in [-0.2, -0.15) is 5.10 Å². The van der Waals surface area contributed by atoms with Crippen LogP contribution in [0.4, 0.5) is 0 Å². The van der Waals surface area contributed by atoms with Crippen molar-refractivity contribution in [3.05, 3.63) is 71.9 Å². The fraction of sp³-hybridized carbons (Fsp3) is 0.0556. The fourth-order valence-corrected chi connectivity index (χ4v) is 2.27. The Hall–Kier alpha value is -3.01. The van der Waals surface area contributed by atoms with Crippen LogP contribution in [0.5, 0.6) is 0 Å². The molecular weight excluding hydrogens is 276 g/mol. The maximum absolute atomic E-state index is 11.3. The van der Waals surface area contributed by atoms with Gasteiger partial charge in [0.1, 0.15) is 5.69 Å². The topological polar surface area (TPSA) is 52.0 Å². The maximum Gasteiger partial charge on any atom is 0.159 e. The average molecular weight is 290 g/mol. The molecule has 0 atom stereocenters. The van der Waals surface area contributed by atoms with Crippen molar-refractivity contribution in [3.8, 4) is 16.9 Å². The van der Waals surface area contributed by atoms with Crippen LogP contribution in [0.1, 0.15) is 27.6 Å². The number of para-hydroxylation sites is 1. The van der Waals surface area contributed by atoms with Crippen LogP contribution >= 0.6 is 0 Å². The van der Waals surface area contributed by atoms with Crippen LogP contribution in [0.2, 0.25) is 0 Å². The molecular formula is C18H14N2O2. The molecule has 1 heterocycles. The summed E-state index contributed by atoms with van der Waals surface area (Å²) >= 11 is 0. The molecule has 0 unspecified atom stereocenters. The average Bonchev–Trinajstić information content (AvgIpc) is 3.00. The van der Waals surface area contributed by atoms with Gasteiger partial charge in [0, 0.05) is 17.3 Å². The summed E-state index contributed by atoms with van der Waals surface area (Å²) < 4.78 is 1.68. The van der Waals surface area contributed by atoms with E-state index in [2.05, 4.69) is 5.10 Å². The quantitative estimate of drug-likeness (QED) is 0.545. The van der Waals surface area contributed by atoms with Crippen molar-refractivity contribution in [1.29, 1.82) is 0 Å². The van der Waals surface area contributed by atoms with Gasteiger partial charge < -0.3 is 0 Å². The molecule has 108 valence electrons. The van der Waals surface area contributed by atoms with Gasteiger partial charge in [-0.1, -0.05) is 42.5 Å². The van der Waals surface area contributed by atoms with Gasteiger partial charge in [-0.3, -0.25) is 9.59 Å². The van der Waals surface area contributed by atoms with Crippen molar-refractivity contribution < 1.29 is 9.59 Å². The highest BCUT2D eigenvalue weighted by Gasteiger charge is 2.12. The first-order valence-corrected chi connectivity index (χ1v) is 6.90. The third kappa shape index (κ3) is 2.59. The standard InChI is InChI=1S/C18H14N2O2/c1-13(22)14-7-9-15(10-8-14)18-16(12-21)11-20(19-18)17-5-3-2-4-6-17/h2-12H,1H3. The second kappa shape index (κ2) is 5.77. The number of ketones is 1. The molecule has 4 heteroatoms. The normalized spacial score (nSPS) is 10.4. The predicted octanol–water partition coefficient (Wildman–Crippen LogP) is 3.55. The van der Waals surface area contributed by atoms with Gasteiger partial charge in [-0.05, 0) is 19.1 Å². The summed E-state index contributed by atoms with van der Waals surface area (Å²) in [5.41, 5.74) is 3.45. The van der Waals surface area contributed by atoms with Gasteiger partial charge in [0.05, 0.1) is 11.3 Å². The Labute approximate surface area is 128 Å². The second-order valence-corrected chi connectivity index (χ2v) is 4.96. The van der Waals surface area contributed by atoms with Gasteiger partial charge in [0.2, 0.25) is 0 Å².